The van der Waals surface area contributed by atoms with Crippen LogP contribution in [0, 0.1) is 22.0 Å². The van der Waals surface area contributed by atoms with E-state index in [-0.39, 0.29) is 11.4 Å². The van der Waals surface area contributed by atoms with Gasteiger partial charge >= 0.3 is 11.9 Å². The number of esters is 1. The highest BCUT2D eigenvalue weighted by Gasteiger charge is 2.74. The van der Waals surface area contributed by atoms with Crippen LogP contribution in [0.2, 0.25) is 0 Å². The third-order valence-corrected chi connectivity index (χ3v) is 7.57. The number of nitrogens with zero attached hydrogens (tertiary/aromatic N) is 2. The molecule has 2 bridgehead atoms. The quantitative estimate of drug-likeness (QED) is 0.190. The third-order valence-electron chi connectivity index (χ3n) is 7.57. The SMILES string of the molecule is CC(=O)Oc1ccc(N2C(=O)[C@@H]3C4c5ccccc5C([N+](=O)[O-])(c5ccccc54)[C@H]3C2=O)cc1C(=O)O. The van der Waals surface area contributed by atoms with E-state index < -0.39 is 57.5 Å². The first-order chi connectivity index (χ1) is 17.7. The third kappa shape index (κ3) is 2.75. The molecule has 0 saturated carbocycles. The minimum absolute atomic E-state index is 0.0660. The highest BCUT2D eigenvalue weighted by molar-refractivity contribution is 6.24. The maximum absolute atomic E-state index is 14.0. The lowest BCUT2D eigenvalue weighted by Crippen LogP contribution is -2.57. The Kier molecular flexibility index (Phi) is 4.62. The molecule has 7 rings (SSSR count). The molecule has 1 saturated heterocycles. The van der Waals surface area contributed by atoms with Crippen molar-refractivity contribution in [3.05, 3.63) is 105 Å². The molecule has 2 amide bonds. The number of carboxylic acid groups (broad SMARTS) is 1. The molecular weight excluding hydrogens is 480 g/mol. The summed E-state index contributed by atoms with van der Waals surface area (Å²) in [6.45, 7) is 1.11. The fourth-order valence-corrected chi connectivity index (χ4v) is 6.36. The van der Waals surface area contributed by atoms with Gasteiger partial charge in [0, 0.05) is 28.9 Å². The molecule has 0 spiro atoms. The van der Waals surface area contributed by atoms with Gasteiger partial charge in [-0.25, -0.2) is 9.69 Å². The molecule has 1 N–H and O–H groups in total. The Hall–Kier alpha value is -4.86. The molecule has 37 heavy (non-hydrogen) atoms. The van der Waals surface area contributed by atoms with E-state index >= 15 is 0 Å². The van der Waals surface area contributed by atoms with E-state index in [0.29, 0.717) is 22.3 Å². The molecule has 0 aromatic heterocycles. The number of carbonyl (C=O) groups excluding carboxylic acids is 3. The van der Waals surface area contributed by atoms with Crippen molar-refractivity contribution in [2.75, 3.05) is 4.90 Å². The number of nitro groups is 1. The van der Waals surface area contributed by atoms with Crippen molar-refractivity contribution < 1.29 is 33.9 Å². The summed E-state index contributed by atoms with van der Waals surface area (Å²) in [5.41, 5.74) is -0.474. The van der Waals surface area contributed by atoms with E-state index in [4.69, 9.17) is 4.74 Å². The minimum atomic E-state index is -1.98. The number of hydrogen-bond donors (Lipinski definition) is 1. The fraction of sp³-hybridized carbons (Fsp3) is 0.185. The van der Waals surface area contributed by atoms with Crippen molar-refractivity contribution in [3.63, 3.8) is 0 Å². The molecule has 0 radical (unpaired) electrons. The van der Waals surface area contributed by atoms with Gasteiger partial charge in [0.1, 0.15) is 17.2 Å². The predicted molar refractivity (Wildman–Crippen MR) is 127 cm³/mol. The molecule has 2 atom stereocenters. The minimum Gasteiger partial charge on any atom is -0.478 e. The van der Waals surface area contributed by atoms with Crippen molar-refractivity contribution in [2.24, 2.45) is 11.8 Å². The molecule has 4 aliphatic rings. The summed E-state index contributed by atoms with van der Waals surface area (Å²) in [6, 6.07) is 17.2. The van der Waals surface area contributed by atoms with E-state index in [1.807, 2.05) is 0 Å². The number of rotatable bonds is 4. The Morgan fingerprint density at radius 2 is 1.57 bits per heavy atom. The first kappa shape index (κ1) is 22.6. The zero-order valence-corrected chi connectivity index (χ0v) is 19.3. The zero-order valence-electron chi connectivity index (χ0n) is 19.3. The van der Waals surface area contributed by atoms with Gasteiger partial charge in [-0.15, -0.1) is 0 Å². The van der Waals surface area contributed by atoms with E-state index in [1.165, 1.54) is 12.1 Å². The highest BCUT2D eigenvalue weighted by Crippen LogP contribution is 2.64. The lowest BCUT2D eigenvalue weighted by atomic mass is 9.51. The van der Waals surface area contributed by atoms with Crippen LogP contribution in [0.3, 0.4) is 0 Å². The Morgan fingerprint density at radius 1 is 0.973 bits per heavy atom. The number of imide groups is 1. The number of hydrogen-bond acceptors (Lipinski definition) is 7. The average molecular weight is 498 g/mol. The number of amides is 2. The lowest BCUT2D eigenvalue weighted by Gasteiger charge is -2.48. The van der Waals surface area contributed by atoms with Crippen molar-refractivity contribution in [1.29, 1.82) is 0 Å². The summed E-state index contributed by atoms with van der Waals surface area (Å²) < 4.78 is 4.95. The Bertz CT molecular complexity index is 1530. The van der Waals surface area contributed by atoms with Crippen LogP contribution in [-0.2, 0) is 19.9 Å². The van der Waals surface area contributed by atoms with Gasteiger partial charge in [0.05, 0.1) is 11.6 Å². The molecule has 3 aromatic rings. The lowest BCUT2D eigenvalue weighted by molar-refractivity contribution is -0.578. The Morgan fingerprint density at radius 3 is 2.11 bits per heavy atom. The Labute approximate surface area is 209 Å². The van der Waals surface area contributed by atoms with Crippen molar-refractivity contribution in [3.8, 4) is 5.75 Å². The second kappa shape index (κ2) is 7.57. The normalized spacial score (nSPS) is 24.8. The molecule has 3 aliphatic carbocycles. The van der Waals surface area contributed by atoms with E-state index in [2.05, 4.69) is 0 Å². The number of anilines is 1. The van der Waals surface area contributed by atoms with Gasteiger partial charge in [0.2, 0.25) is 11.8 Å². The van der Waals surface area contributed by atoms with Gasteiger partial charge in [-0.05, 0) is 29.3 Å². The van der Waals surface area contributed by atoms with Gasteiger partial charge in [-0.1, -0.05) is 48.5 Å². The highest BCUT2D eigenvalue weighted by atomic mass is 16.6. The summed E-state index contributed by atoms with van der Waals surface area (Å²) in [6.07, 6.45) is 0. The molecule has 1 heterocycles. The van der Waals surface area contributed by atoms with Crippen LogP contribution in [0.25, 0.3) is 0 Å². The van der Waals surface area contributed by atoms with Crippen LogP contribution in [0.5, 0.6) is 5.75 Å². The van der Waals surface area contributed by atoms with Crippen molar-refractivity contribution in [2.45, 2.75) is 18.4 Å². The van der Waals surface area contributed by atoms with Gasteiger partial charge in [-0.3, -0.25) is 24.5 Å². The maximum atomic E-state index is 14.0. The maximum Gasteiger partial charge on any atom is 0.339 e. The second-order valence-corrected chi connectivity index (χ2v) is 9.27. The summed E-state index contributed by atoms with van der Waals surface area (Å²) in [5, 5.41) is 22.6. The number of benzene rings is 3. The number of carboxylic acids is 1. The largest absolute Gasteiger partial charge is 0.478 e. The van der Waals surface area contributed by atoms with Crippen LogP contribution < -0.4 is 9.64 Å². The van der Waals surface area contributed by atoms with Gasteiger partial charge in [0.15, 0.2) is 0 Å². The molecule has 1 fully saturated rings. The summed E-state index contributed by atoms with van der Waals surface area (Å²) in [5.74, 6) is -6.81. The molecule has 10 nitrogen and oxygen atoms in total. The average Bonchev–Trinajstić information content (AvgIpc) is 3.14. The van der Waals surface area contributed by atoms with Gasteiger partial charge < -0.3 is 9.84 Å². The monoisotopic (exact) mass is 498 g/mol. The van der Waals surface area contributed by atoms with Crippen LogP contribution >= 0.6 is 0 Å². The van der Waals surface area contributed by atoms with Crippen LogP contribution in [0.4, 0.5) is 5.69 Å². The van der Waals surface area contributed by atoms with Gasteiger partial charge in [-0.2, -0.15) is 0 Å². The van der Waals surface area contributed by atoms with E-state index in [0.717, 1.165) is 17.9 Å². The molecular formula is C27H18N2O8. The number of aromatic carboxylic acids is 1. The van der Waals surface area contributed by atoms with Crippen LogP contribution in [-0.4, -0.2) is 33.8 Å². The van der Waals surface area contributed by atoms with E-state index in [9.17, 15) is 34.4 Å². The van der Waals surface area contributed by atoms with Crippen molar-refractivity contribution in [1.82, 2.24) is 0 Å². The summed E-state index contributed by atoms with van der Waals surface area (Å²) >= 11 is 0. The van der Waals surface area contributed by atoms with E-state index in [1.54, 1.807) is 48.5 Å². The summed E-state index contributed by atoms with van der Waals surface area (Å²) in [4.78, 5) is 64.5. The van der Waals surface area contributed by atoms with Crippen molar-refractivity contribution >= 4 is 29.4 Å². The van der Waals surface area contributed by atoms with Crippen LogP contribution in [0.15, 0.2) is 66.7 Å². The zero-order chi connectivity index (χ0) is 26.2. The number of carbonyl (C=O) groups is 4. The second-order valence-electron chi connectivity index (χ2n) is 9.27. The predicted octanol–water partition coefficient (Wildman–Crippen LogP) is 3.10. The van der Waals surface area contributed by atoms with Gasteiger partial charge in [0.25, 0.3) is 5.54 Å². The molecule has 10 heteroatoms. The number of ether oxygens (including phenoxy) is 1. The molecule has 184 valence electrons. The first-order valence-corrected chi connectivity index (χ1v) is 11.5. The van der Waals surface area contributed by atoms with Crippen LogP contribution in [0.1, 0.15) is 45.5 Å². The summed E-state index contributed by atoms with van der Waals surface area (Å²) in [7, 11) is 0. The molecule has 0 unspecified atom stereocenters. The fourth-order valence-electron chi connectivity index (χ4n) is 6.36. The first-order valence-electron chi connectivity index (χ1n) is 11.5. The Balaban J connectivity index is 1.57. The molecule has 1 aliphatic heterocycles. The standard InChI is InChI=1S/C27H18N2O8/c1-13(30)37-20-11-10-14(12-17(20)26(33)34)28-24(31)22-21-15-6-2-4-8-18(15)27(29(35)36,23(22)25(28)32)19-9-5-3-7-16(19)21/h2-12,21-23H,1H3,(H,33,34)/t21?,22-,23-,27?/m1/s1. The molecule has 3 aromatic carbocycles. The smallest absolute Gasteiger partial charge is 0.339 e. The topological polar surface area (TPSA) is 144 Å².